The Kier molecular flexibility index (Phi) is 3.74. The molecule has 0 bridgehead atoms. The summed E-state index contributed by atoms with van der Waals surface area (Å²) in [6.45, 7) is 6.60. The van der Waals surface area contributed by atoms with Crippen molar-refractivity contribution < 1.29 is 0 Å². The van der Waals surface area contributed by atoms with Crippen molar-refractivity contribution >= 4 is 0 Å². The zero-order valence-electron chi connectivity index (χ0n) is 12.7. The first-order chi connectivity index (χ1) is 8.81. The zero-order chi connectivity index (χ0) is 12.7. The van der Waals surface area contributed by atoms with Crippen LogP contribution in [-0.4, -0.2) is 0 Å². The van der Waals surface area contributed by atoms with Crippen molar-refractivity contribution in [2.75, 3.05) is 0 Å². The maximum atomic E-state index is 2.60. The molecule has 0 N–H and O–H groups in total. The van der Waals surface area contributed by atoms with Crippen LogP contribution in [0.1, 0.15) is 72.1 Å². The van der Waals surface area contributed by atoms with Crippen molar-refractivity contribution in [1.29, 1.82) is 0 Å². The van der Waals surface area contributed by atoms with Crippen molar-refractivity contribution in [3.8, 4) is 0 Å². The van der Waals surface area contributed by atoms with E-state index in [1.807, 2.05) is 13.8 Å². The Bertz CT molecular complexity index is 254. The van der Waals surface area contributed by atoms with Gasteiger partial charge >= 0.3 is 0 Å². The molecular formula is C18H32. The van der Waals surface area contributed by atoms with Gasteiger partial charge in [0.05, 0.1) is 0 Å². The van der Waals surface area contributed by atoms with Crippen molar-refractivity contribution in [3.63, 3.8) is 0 Å². The number of fused-ring (bicyclic) bond motifs is 2. The van der Waals surface area contributed by atoms with Gasteiger partial charge in [-0.2, -0.15) is 0 Å². The van der Waals surface area contributed by atoms with E-state index in [2.05, 4.69) is 6.92 Å². The quantitative estimate of drug-likeness (QED) is 0.603. The fraction of sp³-hybridized carbons (Fsp3) is 1.00. The van der Waals surface area contributed by atoms with Crippen LogP contribution in [0.2, 0.25) is 0 Å². The van der Waals surface area contributed by atoms with E-state index in [0.29, 0.717) is 0 Å². The molecule has 4 aliphatic rings. The summed E-state index contributed by atoms with van der Waals surface area (Å²) >= 11 is 0. The van der Waals surface area contributed by atoms with Crippen LogP contribution >= 0.6 is 0 Å². The summed E-state index contributed by atoms with van der Waals surface area (Å²) in [5.74, 6) is 8.01. The van der Waals surface area contributed by atoms with Crippen molar-refractivity contribution in [1.82, 2.24) is 0 Å². The van der Waals surface area contributed by atoms with Gasteiger partial charge in [0.2, 0.25) is 0 Å². The highest BCUT2D eigenvalue weighted by Gasteiger charge is 2.47. The Labute approximate surface area is 114 Å². The minimum absolute atomic E-state index is 1.06. The molecule has 0 aromatic carbocycles. The Morgan fingerprint density at radius 3 is 1.44 bits per heavy atom. The third kappa shape index (κ3) is 2.49. The highest BCUT2D eigenvalue weighted by molar-refractivity contribution is 4.97. The topological polar surface area (TPSA) is 0 Å². The van der Waals surface area contributed by atoms with Crippen LogP contribution in [0.3, 0.4) is 0 Å². The van der Waals surface area contributed by atoms with E-state index in [1.54, 1.807) is 51.4 Å². The summed E-state index contributed by atoms with van der Waals surface area (Å²) < 4.78 is 0. The fourth-order valence-electron chi connectivity index (χ4n) is 5.11. The highest BCUT2D eigenvalue weighted by Crippen LogP contribution is 2.57. The maximum Gasteiger partial charge on any atom is -0.0380 e. The predicted molar refractivity (Wildman–Crippen MR) is 78.4 cm³/mol. The largest absolute Gasteiger partial charge is 0.0683 e. The lowest BCUT2D eigenvalue weighted by molar-refractivity contribution is 0.151. The molecule has 0 radical (unpaired) electrons. The lowest BCUT2D eigenvalue weighted by Crippen LogP contribution is -2.26. The van der Waals surface area contributed by atoms with Gasteiger partial charge in [0.25, 0.3) is 0 Å². The van der Waals surface area contributed by atoms with E-state index in [0.717, 1.165) is 17.8 Å². The van der Waals surface area contributed by atoms with Crippen molar-refractivity contribution in [3.05, 3.63) is 0 Å². The van der Waals surface area contributed by atoms with Gasteiger partial charge < -0.3 is 0 Å². The van der Waals surface area contributed by atoms with Gasteiger partial charge in [0.15, 0.2) is 0 Å². The van der Waals surface area contributed by atoms with Gasteiger partial charge in [-0.05, 0) is 92.8 Å². The zero-order valence-corrected chi connectivity index (χ0v) is 12.7. The summed E-state index contributed by atoms with van der Waals surface area (Å²) in [6.07, 6.45) is 12.7. The molecule has 0 aromatic heterocycles. The molecule has 4 fully saturated rings. The minimum Gasteiger partial charge on any atom is -0.0683 e. The molecule has 0 aromatic rings. The molecule has 0 heterocycles. The molecule has 0 amide bonds. The second kappa shape index (κ2) is 5.17. The summed E-state index contributed by atoms with van der Waals surface area (Å²) in [5, 5.41) is 0. The van der Waals surface area contributed by atoms with Gasteiger partial charge in [-0.1, -0.05) is 20.8 Å². The Morgan fingerprint density at radius 1 is 0.611 bits per heavy atom. The first-order valence-corrected chi connectivity index (χ1v) is 8.81. The lowest BCUT2D eigenvalue weighted by atomic mass is 9.70. The van der Waals surface area contributed by atoms with Gasteiger partial charge in [-0.15, -0.1) is 0 Å². The monoisotopic (exact) mass is 248 g/mol. The molecule has 4 saturated carbocycles. The first kappa shape index (κ1) is 13.0. The smallest absolute Gasteiger partial charge is 0.0380 e. The SMILES string of the molecule is CC.CC(C1CCC2CC2C1)C1CCC2CC2C1. The van der Waals surface area contributed by atoms with Crippen LogP contribution in [0, 0.1) is 41.4 Å². The molecular weight excluding hydrogens is 216 g/mol. The lowest BCUT2D eigenvalue weighted by Gasteiger charge is -2.35. The van der Waals surface area contributed by atoms with Crippen LogP contribution < -0.4 is 0 Å². The summed E-state index contributed by atoms with van der Waals surface area (Å²) in [5.41, 5.74) is 0. The summed E-state index contributed by atoms with van der Waals surface area (Å²) in [4.78, 5) is 0. The average molecular weight is 248 g/mol. The third-order valence-electron chi connectivity index (χ3n) is 6.65. The Hall–Kier alpha value is 0. The molecule has 6 atom stereocenters. The second-order valence-corrected chi connectivity index (χ2v) is 7.52. The van der Waals surface area contributed by atoms with E-state index >= 15 is 0 Å². The molecule has 18 heavy (non-hydrogen) atoms. The van der Waals surface area contributed by atoms with Gasteiger partial charge in [0, 0.05) is 0 Å². The van der Waals surface area contributed by atoms with E-state index < -0.39 is 0 Å². The van der Waals surface area contributed by atoms with Gasteiger partial charge in [-0.3, -0.25) is 0 Å². The van der Waals surface area contributed by atoms with E-state index in [9.17, 15) is 0 Å². The molecule has 4 rings (SSSR count). The summed E-state index contributed by atoms with van der Waals surface area (Å²) in [7, 11) is 0. The van der Waals surface area contributed by atoms with Crippen LogP contribution in [0.15, 0.2) is 0 Å². The Morgan fingerprint density at radius 2 is 1.06 bits per heavy atom. The van der Waals surface area contributed by atoms with E-state index in [-0.39, 0.29) is 0 Å². The minimum atomic E-state index is 1.06. The van der Waals surface area contributed by atoms with Crippen LogP contribution in [0.5, 0.6) is 0 Å². The number of rotatable bonds is 2. The van der Waals surface area contributed by atoms with Crippen molar-refractivity contribution in [2.24, 2.45) is 41.4 Å². The predicted octanol–water partition coefficient (Wildman–Crippen LogP) is 5.52. The normalized spacial score (nSPS) is 50.2. The van der Waals surface area contributed by atoms with Crippen LogP contribution in [0.4, 0.5) is 0 Å². The fourth-order valence-corrected chi connectivity index (χ4v) is 5.11. The molecule has 0 aliphatic heterocycles. The number of hydrogen-bond acceptors (Lipinski definition) is 0. The standard InChI is InChI=1S/C16H26.C2H6/c1-10(11-2-4-13-8-15(13)6-11)12-3-5-14-9-16(14)7-12;1-2/h10-16H,2-9H2,1H3;1-2H3. The molecule has 4 aliphatic carbocycles. The Balaban J connectivity index is 0.000000478. The molecule has 104 valence electrons. The van der Waals surface area contributed by atoms with E-state index in [1.165, 1.54) is 23.7 Å². The molecule has 0 heteroatoms. The highest BCUT2D eigenvalue weighted by atomic mass is 14.5. The first-order valence-electron chi connectivity index (χ1n) is 8.81. The summed E-state index contributed by atoms with van der Waals surface area (Å²) in [6, 6.07) is 0. The second-order valence-electron chi connectivity index (χ2n) is 7.52. The van der Waals surface area contributed by atoms with Gasteiger partial charge in [-0.25, -0.2) is 0 Å². The van der Waals surface area contributed by atoms with E-state index in [4.69, 9.17) is 0 Å². The average Bonchev–Trinajstić information content (AvgIpc) is 3.31. The van der Waals surface area contributed by atoms with Crippen molar-refractivity contribution in [2.45, 2.75) is 72.1 Å². The van der Waals surface area contributed by atoms with Gasteiger partial charge in [0.1, 0.15) is 0 Å². The maximum absolute atomic E-state index is 2.60. The molecule has 0 nitrogen and oxygen atoms in total. The number of hydrogen-bond donors (Lipinski definition) is 0. The molecule has 6 unspecified atom stereocenters. The third-order valence-corrected chi connectivity index (χ3v) is 6.65. The van der Waals surface area contributed by atoms with Crippen LogP contribution in [-0.2, 0) is 0 Å². The van der Waals surface area contributed by atoms with Crippen LogP contribution in [0.25, 0.3) is 0 Å². The molecule has 0 spiro atoms. The molecule has 0 saturated heterocycles.